The van der Waals surface area contributed by atoms with Gasteiger partial charge < -0.3 is 10.6 Å². The van der Waals surface area contributed by atoms with E-state index in [1.165, 1.54) is 16.0 Å². The molecule has 2 aromatic rings. The Morgan fingerprint density at radius 2 is 2.13 bits per heavy atom. The predicted octanol–water partition coefficient (Wildman–Crippen LogP) is 4.17. The van der Waals surface area contributed by atoms with Crippen molar-refractivity contribution < 1.29 is 4.79 Å². The Labute approximate surface area is 189 Å². The van der Waals surface area contributed by atoms with Gasteiger partial charge in [0.2, 0.25) is 5.91 Å². The summed E-state index contributed by atoms with van der Waals surface area (Å²) in [5.74, 6) is 1.77. The van der Waals surface area contributed by atoms with E-state index in [2.05, 4.69) is 52.4 Å². The Hall–Kier alpha value is -1.67. The second-order valence-corrected chi connectivity index (χ2v) is 11.5. The fourth-order valence-corrected chi connectivity index (χ4v) is 6.43. The van der Waals surface area contributed by atoms with Crippen molar-refractivity contribution in [1.82, 2.24) is 15.1 Å². The molecule has 2 heterocycles. The average molecular weight is 493 g/mol. The molecule has 3 fully saturated rings. The lowest BCUT2D eigenvalue weighted by atomic mass is 9.45. The van der Waals surface area contributed by atoms with Gasteiger partial charge in [0.05, 0.1) is 18.4 Å². The molecule has 8 heteroatoms. The summed E-state index contributed by atoms with van der Waals surface area (Å²) in [5.41, 5.74) is 0.837. The number of thiophene rings is 1. The molecule has 162 valence electrons. The lowest BCUT2D eigenvalue weighted by molar-refractivity contribution is -0.122. The first-order valence-corrected chi connectivity index (χ1v) is 12.1. The van der Waals surface area contributed by atoms with Gasteiger partial charge in [0.25, 0.3) is 5.56 Å². The molecule has 0 unspecified atom stereocenters. The van der Waals surface area contributed by atoms with Crippen molar-refractivity contribution in [2.24, 2.45) is 23.2 Å². The predicted molar refractivity (Wildman–Crippen MR) is 124 cm³/mol. The number of rotatable bonds is 6. The van der Waals surface area contributed by atoms with E-state index in [0.29, 0.717) is 34.1 Å². The third-order valence-electron chi connectivity index (χ3n) is 7.23. The van der Waals surface area contributed by atoms with Gasteiger partial charge in [-0.2, -0.15) is 5.10 Å². The fourth-order valence-electron chi connectivity index (χ4n) is 5.18. The van der Waals surface area contributed by atoms with E-state index >= 15 is 0 Å². The van der Waals surface area contributed by atoms with Crippen molar-refractivity contribution in [2.75, 3.05) is 5.32 Å². The van der Waals surface area contributed by atoms with E-state index in [1.807, 2.05) is 19.1 Å². The van der Waals surface area contributed by atoms with Crippen molar-refractivity contribution in [3.63, 3.8) is 0 Å². The number of anilines is 1. The third kappa shape index (κ3) is 3.96. The van der Waals surface area contributed by atoms with Crippen LogP contribution < -0.4 is 16.2 Å². The zero-order valence-corrected chi connectivity index (χ0v) is 20.3. The van der Waals surface area contributed by atoms with Gasteiger partial charge in [-0.15, -0.1) is 11.3 Å². The number of aryl methyl sites for hydroxylation is 1. The average Bonchev–Trinajstić information content (AvgIpc) is 3.12. The minimum Gasteiger partial charge on any atom is -0.380 e. The number of aromatic nitrogens is 2. The molecule has 0 saturated heterocycles. The van der Waals surface area contributed by atoms with E-state index in [9.17, 15) is 9.59 Å². The highest BCUT2D eigenvalue weighted by Crippen LogP contribution is 2.61. The molecule has 3 aliphatic carbocycles. The maximum atomic E-state index is 12.7. The summed E-state index contributed by atoms with van der Waals surface area (Å²) in [6, 6.07) is 4.37. The van der Waals surface area contributed by atoms with Crippen LogP contribution in [-0.4, -0.2) is 21.7 Å². The number of nitrogens with zero attached hydrogens (tertiary/aromatic N) is 2. The zero-order valence-electron chi connectivity index (χ0n) is 17.9. The largest absolute Gasteiger partial charge is 0.380 e. The summed E-state index contributed by atoms with van der Waals surface area (Å²) >= 11 is 5.08. The number of carbonyl (C=O) groups excluding carboxylic acids is 1. The molecule has 0 radical (unpaired) electrons. The van der Waals surface area contributed by atoms with Crippen LogP contribution in [0.25, 0.3) is 0 Å². The van der Waals surface area contributed by atoms with Gasteiger partial charge in [0, 0.05) is 15.8 Å². The normalized spacial score (nSPS) is 26.7. The van der Waals surface area contributed by atoms with Gasteiger partial charge in [0.15, 0.2) is 0 Å². The molecule has 0 aliphatic heterocycles. The standard InChI is InChI=1S/C22H29BrN4O2S/c1-12-5-6-15(30-12)9-24-19(28)11-27-21(29)20(23)18(10-25-27)26-17-8-14-7-16(13(17)2)22(14,3)4/h5-6,10,13-14,16-17,26H,7-9,11H2,1-4H3,(H,24,28)/t13-,14-,16+,17-/m1/s1. The molecular formula is C22H29BrN4O2S. The molecule has 2 bridgehead atoms. The number of hydrogen-bond acceptors (Lipinski definition) is 5. The fraction of sp³-hybridized carbons (Fsp3) is 0.591. The van der Waals surface area contributed by atoms with Gasteiger partial charge >= 0.3 is 0 Å². The van der Waals surface area contributed by atoms with Crippen molar-refractivity contribution in [1.29, 1.82) is 0 Å². The van der Waals surface area contributed by atoms with Gasteiger partial charge in [-0.3, -0.25) is 9.59 Å². The Morgan fingerprint density at radius 3 is 2.77 bits per heavy atom. The molecule has 3 aliphatic rings. The maximum absolute atomic E-state index is 12.7. The first kappa shape index (κ1) is 21.6. The summed E-state index contributed by atoms with van der Waals surface area (Å²) in [4.78, 5) is 27.3. The number of nitrogens with one attached hydrogen (secondary N) is 2. The van der Waals surface area contributed by atoms with E-state index in [1.54, 1.807) is 17.5 Å². The minimum atomic E-state index is -0.295. The van der Waals surface area contributed by atoms with Crippen LogP contribution in [0.5, 0.6) is 0 Å². The lowest BCUT2D eigenvalue weighted by Crippen LogP contribution is -2.58. The number of hydrogen-bond donors (Lipinski definition) is 2. The van der Waals surface area contributed by atoms with Gasteiger partial charge in [-0.05, 0) is 71.0 Å². The van der Waals surface area contributed by atoms with Crippen LogP contribution in [0.2, 0.25) is 0 Å². The number of amides is 1. The van der Waals surface area contributed by atoms with Crippen LogP contribution in [-0.2, 0) is 17.9 Å². The van der Waals surface area contributed by atoms with Crippen LogP contribution in [0.1, 0.15) is 43.4 Å². The van der Waals surface area contributed by atoms with Crippen LogP contribution in [0, 0.1) is 30.1 Å². The second-order valence-electron chi connectivity index (χ2n) is 9.33. The summed E-state index contributed by atoms with van der Waals surface area (Å²) in [7, 11) is 0. The summed E-state index contributed by atoms with van der Waals surface area (Å²) < 4.78 is 1.64. The SMILES string of the molecule is Cc1ccc(CNC(=O)Cn2ncc(N[C@@H]3C[C@H]4C[C@@H]([C@H]3C)C4(C)C)c(Br)c2=O)s1. The monoisotopic (exact) mass is 492 g/mol. The molecule has 4 atom stereocenters. The Kier molecular flexibility index (Phi) is 5.83. The van der Waals surface area contributed by atoms with Gasteiger partial charge in [-0.25, -0.2) is 4.68 Å². The van der Waals surface area contributed by atoms with Gasteiger partial charge in [0.1, 0.15) is 11.0 Å². The van der Waals surface area contributed by atoms with Crippen molar-refractivity contribution >= 4 is 38.9 Å². The summed E-state index contributed by atoms with van der Waals surface area (Å²) in [5, 5.41) is 10.6. The highest BCUT2D eigenvalue weighted by Gasteiger charge is 2.56. The van der Waals surface area contributed by atoms with Crippen LogP contribution in [0.4, 0.5) is 5.69 Å². The molecule has 2 aromatic heterocycles. The smallest absolute Gasteiger partial charge is 0.283 e. The molecule has 2 N–H and O–H groups in total. The van der Waals surface area contributed by atoms with Crippen molar-refractivity contribution in [3.05, 3.63) is 42.9 Å². The maximum Gasteiger partial charge on any atom is 0.283 e. The number of halogens is 1. The van der Waals surface area contributed by atoms with E-state index in [0.717, 1.165) is 23.1 Å². The first-order valence-electron chi connectivity index (χ1n) is 10.5. The highest BCUT2D eigenvalue weighted by molar-refractivity contribution is 9.10. The molecule has 3 saturated carbocycles. The van der Waals surface area contributed by atoms with Crippen molar-refractivity contribution in [3.8, 4) is 0 Å². The van der Waals surface area contributed by atoms with E-state index in [-0.39, 0.29) is 18.0 Å². The lowest BCUT2D eigenvalue weighted by Gasteiger charge is -2.62. The molecule has 30 heavy (non-hydrogen) atoms. The van der Waals surface area contributed by atoms with Crippen LogP contribution >= 0.6 is 27.3 Å². The second kappa shape index (κ2) is 8.11. The Balaban J connectivity index is 1.39. The quantitative estimate of drug-likeness (QED) is 0.634. The molecule has 5 rings (SSSR count). The topological polar surface area (TPSA) is 76.0 Å². The van der Waals surface area contributed by atoms with Crippen molar-refractivity contribution in [2.45, 2.75) is 59.7 Å². The Morgan fingerprint density at radius 1 is 1.37 bits per heavy atom. The van der Waals surface area contributed by atoms with E-state index < -0.39 is 0 Å². The van der Waals surface area contributed by atoms with Crippen LogP contribution in [0.15, 0.2) is 27.6 Å². The van der Waals surface area contributed by atoms with E-state index in [4.69, 9.17) is 0 Å². The van der Waals surface area contributed by atoms with Crippen LogP contribution in [0.3, 0.4) is 0 Å². The summed E-state index contributed by atoms with van der Waals surface area (Å²) in [6.45, 7) is 9.46. The molecular weight excluding hydrogens is 464 g/mol. The minimum absolute atomic E-state index is 0.0970. The molecule has 0 spiro atoms. The molecule has 1 amide bonds. The molecule has 0 aromatic carbocycles. The van der Waals surface area contributed by atoms with Gasteiger partial charge in [-0.1, -0.05) is 20.8 Å². The number of carbonyl (C=O) groups is 1. The zero-order chi connectivity index (χ0) is 21.6. The first-order chi connectivity index (χ1) is 14.2. The number of fused-ring (bicyclic) bond motifs is 2. The highest BCUT2D eigenvalue weighted by atomic mass is 79.9. The third-order valence-corrected chi connectivity index (χ3v) is 9.00. The summed E-state index contributed by atoms with van der Waals surface area (Å²) in [6.07, 6.45) is 4.08. The Bertz CT molecular complexity index is 1010. The molecule has 6 nitrogen and oxygen atoms in total.